The van der Waals surface area contributed by atoms with Crippen molar-refractivity contribution >= 4 is 17.6 Å². The van der Waals surface area contributed by atoms with Gasteiger partial charge in [0.05, 0.1) is 18.7 Å². The smallest absolute Gasteiger partial charge is 0.337 e. The number of hydrogen-bond acceptors (Lipinski definition) is 5. The van der Waals surface area contributed by atoms with E-state index in [0.29, 0.717) is 5.56 Å². The fourth-order valence-corrected chi connectivity index (χ4v) is 2.87. The third kappa shape index (κ3) is 3.39. The lowest BCUT2D eigenvalue weighted by Crippen LogP contribution is -2.57. The van der Waals surface area contributed by atoms with Crippen LogP contribution in [0.15, 0.2) is 24.3 Å². The normalized spacial score (nSPS) is 20.5. The van der Waals surface area contributed by atoms with Crippen LogP contribution in [0.1, 0.15) is 24.2 Å². The summed E-state index contributed by atoms with van der Waals surface area (Å²) >= 11 is 0. The molecule has 0 aromatic heterocycles. The van der Waals surface area contributed by atoms with Gasteiger partial charge in [-0.25, -0.2) is 4.79 Å². The van der Waals surface area contributed by atoms with E-state index in [0.717, 1.165) is 25.3 Å². The number of piperazine rings is 1. The molecule has 0 saturated carbocycles. The van der Waals surface area contributed by atoms with E-state index in [2.05, 4.69) is 16.7 Å². The zero-order valence-electron chi connectivity index (χ0n) is 13.3. The Balaban J connectivity index is 2.04. The average molecular weight is 305 g/mol. The Bertz CT molecular complexity index is 544. The molecule has 1 saturated heterocycles. The number of ether oxygens (including phenoxy) is 1. The molecular weight excluding hydrogens is 282 g/mol. The number of anilines is 1. The van der Waals surface area contributed by atoms with Gasteiger partial charge in [-0.15, -0.1) is 0 Å². The molecule has 0 unspecified atom stereocenters. The number of nitrogens with zero attached hydrogens (tertiary/aromatic N) is 2. The highest BCUT2D eigenvalue weighted by Crippen LogP contribution is 2.21. The van der Waals surface area contributed by atoms with Crippen molar-refractivity contribution < 1.29 is 14.3 Å². The predicted octanol–water partition coefficient (Wildman–Crippen LogP) is 0.858. The van der Waals surface area contributed by atoms with Gasteiger partial charge in [0.15, 0.2) is 0 Å². The first-order valence-corrected chi connectivity index (χ1v) is 7.42. The third-order valence-corrected chi connectivity index (χ3v) is 4.24. The van der Waals surface area contributed by atoms with Crippen LogP contribution in [0.5, 0.6) is 0 Å². The Kier molecular flexibility index (Phi) is 5.03. The molecule has 1 aliphatic rings. The minimum atomic E-state index is -0.333. The Morgan fingerprint density at radius 1 is 1.27 bits per heavy atom. The van der Waals surface area contributed by atoms with Crippen LogP contribution in [0, 0.1) is 0 Å². The van der Waals surface area contributed by atoms with Crippen LogP contribution in [0.3, 0.4) is 0 Å². The van der Waals surface area contributed by atoms with Crippen molar-refractivity contribution in [3.8, 4) is 0 Å². The van der Waals surface area contributed by atoms with E-state index in [1.54, 1.807) is 12.1 Å². The summed E-state index contributed by atoms with van der Waals surface area (Å²) in [6.45, 7) is 6.35. The monoisotopic (exact) mass is 305 g/mol. The van der Waals surface area contributed by atoms with Crippen LogP contribution in [-0.2, 0) is 9.53 Å². The standard InChI is InChI=1S/C16H23N3O3/c1-11-10-18(8-9-19(11)12(2)15(17)20)14-6-4-13(5-7-14)16(21)22-3/h4-7,11-12H,8-10H2,1-3H3,(H2,17,20)/t11-,12+/m1/s1. The number of carbonyl (C=O) groups is 2. The summed E-state index contributed by atoms with van der Waals surface area (Å²) in [5.41, 5.74) is 7.00. The SMILES string of the molecule is COC(=O)c1ccc(N2CCN([C@@H](C)C(N)=O)[C@H](C)C2)cc1. The second-order valence-corrected chi connectivity index (χ2v) is 5.65. The lowest BCUT2D eigenvalue weighted by molar-refractivity contribution is -0.123. The molecule has 2 N–H and O–H groups in total. The van der Waals surface area contributed by atoms with E-state index in [1.807, 2.05) is 19.1 Å². The number of rotatable bonds is 4. The van der Waals surface area contributed by atoms with Gasteiger partial charge < -0.3 is 15.4 Å². The highest BCUT2D eigenvalue weighted by atomic mass is 16.5. The number of methoxy groups -OCH3 is 1. The molecule has 22 heavy (non-hydrogen) atoms. The van der Waals surface area contributed by atoms with Crippen molar-refractivity contribution in [3.05, 3.63) is 29.8 Å². The molecule has 2 rings (SSSR count). The molecule has 1 heterocycles. The minimum Gasteiger partial charge on any atom is -0.465 e. The van der Waals surface area contributed by atoms with Crippen LogP contribution in [0.2, 0.25) is 0 Å². The van der Waals surface area contributed by atoms with Crippen molar-refractivity contribution in [1.29, 1.82) is 0 Å². The van der Waals surface area contributed by atoms with Crippen molar-refractivity contribution in [1.82, 2.24) is 4.90 Å². The topological polar surface area (TPSA) is 75.9 Å². The summed E-state index contributed by atoms with van der Waals surface area (Å²) in [5.74, 6) is -0.622. The molecule has 0 radical (unpaired) electrons. The van der Waals surface area contributed by atoms with E-state index in [9.17, 15) is 9.59 Å². The van der Waals surface area contributed by atoms with Crippen LogP contribution in [-0.4, -0.2) is 55.6 Å². The fraction of sp³-hybridized carbons (Fsp3) is 0.500. The molecule has 6 nitrogen and oxygen atoms in total. The van der Waals surface area contributed by atoms with Gasteiger partial charge in [0.2, 0.25) is 5.91 Å². The van der Waals surface area contributed by atoms with Crippen LogP contribution >= 0.6 is 0 Å². The van der Waals surface area contributed by atoms with E-state index < -0.39 is 0 Å². The van der Waals surface area contributed by atoms with Gasteiger partial charge in [0, 0.05) is 31.4 Å². The Morgan fingerprint density at radius 2 is 1.91 bits per heavy atom. The fourth-order valence-electron chi connectivity index (χ4n) is 2.87. The molecule has 120 valence electrons. The van der Waals surface area contributed by atoms with Crippen molar-refractivity contribution in [2.75, 3.05) is 31.6 Å². The molecule has 6 heteroatoms. The van der Waals surface area contributed by atoms with E-state index in [4.69, 9.17) is 10.5 Å². The summed E-state index contributed by atoms with van der Waals surface area (Å²) in [6.07, 6.45) is 0. The molecule has 1 aromatic rings. The van der Waals surface area contributed by atoms with E-state index in [-0.39, 0.29) is 24.0 Å². The molecule has 1 fully saturated rings. The van der Waals surface area contributed by atoms with Crippen molar-refractivity contribution in [2.24, 2.45) is 5.73 Å². The Morgan fingerprint density at radius 3 is 2.41 bits per heavy atom. The second-order valence-electron chi connectivity index (χ2n) is 5.65. The molecular formula is C16H23N3O3. The van der Waals surface area contributed by atoms with Crippen LogP contribution in [0.25, 0.3) is 0 Å². The number of hydrogen-bond donors (Lipinski definition) is 1. The van der Waals surface area contributed by atoms with Gasteiger partial charge in [-0.3, -0.25) is 9.69 Å². The first-order valence-electron chi connectivity index (χ1n) is 7.42. The summed E-state index contributed by atoms with van der Waals surface area (Å²) in [6, 6.07) is 7.36. The van der Waals surface area contributed by atoms with E-state index >= 15 is 0 Å². The van der Waals surface area contributed by atoms with Crippen molar-refractivity contribution in [2.45, 2.75) is 25.9 Å². The number of nitrogens with two attached hydrogens (primary N) is 1. The number of primary amides is 1. The molecule has 1 aliphatic heterocycles. The summed E-state index contributed by atoms with van der Waals surface area (Å²) in [5, 5.41) is 0. The summed E-state index contributed by atoms with van der Waals surface area (Å²) in [4.78, 5) is 27.2. The number of esters is 1. The molecule has 1 amide bonds. The average Bonchev–Trinajstić information content (AvgIpc) is 2.53. The second kappa shape index (κ2) is 6.79. The van der Waals surface area contributed by atoms with Gasteiger partial charge in [-0.05, 0) is 38.1 Å². The maximum Gasteiger partial charge on any atom is 0.337 e. The predicted molar refractivity (Wildman–Crippen MR) is 84.8 cm³/mol. The molecule has 2 atom stereocenters. The number of carbonyl (C=O) groups excluding carboxylic acids is 2. The molecule has 0 spiro atoms. The summed E-state index contributed by atoms with van der Waals surface area (Å²) < 4.78 is 4.70. The van der Waals surface area contributed by atoms with Gasteiger partial charge in [-0.1, -0.05) is 0 Å². The molecule has 1 aromatic carbocycles. The lowest BCUT2D eigenvalue weighted by atomic mass is 10.1. The van der Waals surface area contributed by atoms with Gasteiger partial charge in [-0.2, -0.15) is 0 Å². The van der Waals surface area contributed by atoms with Crippen molar-refractivity contribution in [3.63, 3.8) is 0 Å². The Hall–Kier alpha value is -2.08. The van der Waals surface area contributed by atoms with Gasteiger partial charge in [0.25, 0.3) is 0 Å². The number of benzene rings is 1. The highest BCUT2D eigenvalue weighted by Gasteiger charge is 2.29. The highest BCUT2D eigenvalue weighted by molar-refractivity contribution is 5.89. The first-order chi connectivity index (χ1) is 10.4. The zero-order chi connectivity index (χ0) is 16.3. The van der Waals surface area contributed by atoms with E-state index in [1.165, 1.54) is 7.11 Å². The van der Waals surface area contributed by atoms with Crippen LogP contribution in [0.4, 0.5) is 5.69 Å². The largest absolute Gasteiger partial charge is 0.465 e. The maximum atomic E-state index is 11.4. The molecule has 0 aliphatic carbocycles. The third-order valence-electron chi connectivity index (χ3n) is 4.24. The molecule has 0 bridgehead atoms. The zero-order valence-corrected chi connectivity index (χ0v) is 13.3. The first kappa shape index (κ1) is 16.3. The van der Waals surface area contributed by atoms with Crippen LogP contribution < -0.4 is 10.6 Å². The number of amides is 1. The van der Waals surface area contributed by atoms with Gasteiger partial charge in [0.1, 0.15) is 0 Å². The minimum absolute atomic E-state index is 0.233. The lowest BCUT2D eigenvalue weighted by Gasteiger charge is -2.43. The quantitative estimate of drug-likeness (QED) is 0.835. The summed E-state index contributed by atoms with van der Waals surface area (Å²) in [7, 11) is 1.37. The maximum absolute atomic E-state index is 11.4. The van der Waals surface area contributed by atoms with Gasteiger partial charge >= 0.3 is 5.97 Å². The Labute approximate surface area is 130 Å².